The zero-order valence-corrected chi connectivity index (χ0v) is 15.1. The fourth-order valence-corrected chi connectivity index (χ4v) is 6.08. The number of alkyl halides is 1. The molecule has 1 N–H and O–H groups in total. The summed E-state index contributed by atoms with van der Waals surface area (Å²) < 4.78 is 5.33. The van der Waals surface area contributed by atoms with Crippen molar-refractivity contribution in [2.75, 3.05) is 7.11 Å². The van der Waals surface area contributed by atoms with Crippen molar-refractivity contribution in [1.82, 2.24) is 0 Å². The zero-order valence-electron chi connectivity index (χ0n) is 13.6. The van der Waals surface area contributed by atoms with Crippen molar-refractivity contribution in [3.05, 3.63) is 29.3 Å². The molecular weight excluding hydrogens is 360 g/mol. The lowest BCUT2D eigenvalue weighted by Crippen LogP contribution is -2.58. The largest absolute Gasteiger partial charge is 0.497 e. The van der Waals surface area contributed by atoms with E-state index < -0.39 is 16.2 Å². The quantitative estimate of drug-likeness (QED) is 0.792. The summed E-state index contributed by atoms with van der Waals surface area (Å²) in [5.74, 6) is -0.433. The Morgan fingerprint density at radius 3 is 2.65 bits per heavy atom. The highest BCUT2D eigenvalue weighted by Gasteiger charge is 2.60. The molecule has 0 radical (unpaired) electrons. The number of ketones is 1. The fourth-order valence-electron chi connectivity index (χ4n) is 4.66. The van der Waals surface area contributed by atoms with Crippen LogP contribution >= 0.6 is 15.9 Å². The van der Waals surface area contributed by atoms with Crippen LogP contribution in [0.2, 0.25) is 0 Å². The number of carboxylic acids is 1. The molecule has 1 aromatic rings. The third-order valence-corrected chi connectivity index (χ3v) is 6.85. The van der Waals surface area contributed by atoms with E-state index in [-0.39, 0.29) is 17.1 Å². The maximum atomic E-state index is 12.8. The van der Waals surface area contributed by atoms with Crippen LogP contribution in [-0.4, -0.2) is 28.8 Å². The van der Waals surface area contributed by atoms with Crippen LogP contribution < -0.4 is 4.74 Å². The Morgan fingerprint density at radius 1 is 1.35 bits per heavy atom. The Hall–Kier alpha value is -1.36. The summed E-state index contributed by atoms with van der Waals surface area (Å²) in [6.07, 6.45) is 2.30. The van der Waals surface area contributed by atoms with E-state index in [0.29, 0.717) is 17.7 Å². The second kappa shape index (κ2) is 5.33. The molecule has 1 saturated carbocycles. The Morgan fingerprint density at radius 2 is 2.04 bits per heavy atom. The number of hydrogen-bond donors (Lipinski definition) is 1. The average Bonchev–Trinajstić information content (AvgIpc) is 2.52. The van der Waals surface area contributed by atoms with Crippen molar-refractivity contribution in [3.63, 3.8) is 0 Å². The van der Waals surface area contributed by atoms with Gasteiger partial charge in [-0.1, -0.05) is 29.3 Å². The Balaban J connectivity index is 2.25. The standard InChI is InChI=1S/C18H21BrO4/c1-17-7-4-8-18(2,16(21)22)15(17)13(19)14(20)11-6-5-10(23-3)9-12(11)17/h5-6,9,13,15H,4,7-8H2,1-3H3,(H,21,22)/t13-,15-,17+,18-/m1/s1. The van der Waals surface area contributed by atoms with E-state index in [9.17, 15) is 14.7 Å². The van der Waals surface area contributed by atoms with Gasteiger partial charge in [0.2, 0.25) is 0 Å². The SMILES string of the molecule is COc1ccc2c(c1)[C@]1(C)CCC[C@@](C)(C(=O)O)[C@@H]1[C@H](Br)C2=O. The van der Waals surface area contributed by atoms with E-state index in [1.807, 2.05) is 6.07 Å². The maximum Gasteiger partial charge on any atom is 0.309 e. The summed E-state index contributed by atoms with van der Waals surface area (Å²) in [5, 5.41) is 9.85. The third kappa shape index (κ3) is 2.16. The van der Waals surface area contributed by atoms with E-state index in [1.165, 1.54) is 0 Å². The number of hydrogen-bond acceptors (Lipinski definition) is 3. The molecule has 1 fully saturated rings. The molecule has 2 aliphatic carbocycles. The first-order valence-electron chi connectivity index (χ1n) is 7.86. The summed E-state index contributed by atoms with van der Waals surface area (Å²) in [7, 11) is 1.60. The molecule has 2 aliphatic rings. The van der Waals surface area contributed by atoms with Crippen LogP contribution in [0.4, 0.5) is 0 Å². The summed E-state index contributed by atoms with van der Waals surface area (Å²) in [4.78, 5) is 24.4. The van der Waals surface area contributed by atoms with Crippen molar-refractivity contribution in [2.24, 2.45) is 11.3 Å². The highest BCUT2D eigenvalue weighted by molar-refractivity contribution is 9.10. The Labute approximate surface area is 144 Å². The summed E-state index contributed by atoms with van der Waals surface area (Å²) in [5.41, 5.74) is 0.324. The monoisotopic (exact) mass is 380 g/mol. The predicted octanol–water partition coefficient (Wildman–Crippen LogP) is 3.80. The number of rotatable bonds is 2. The summed E-state index contributed by atoms with van der Waals surface area (Å²) in [6, 6.07) is 5.50. The van der Waals surface area contributed by atoms with Gasteiger partial charge in [0.25, 0.3) is 0 Å². The number of carbonyl (C=O) groups excluding carboxylic acids is 1. The molecule has 0 aromatic heterocycles. The van der Waals surface area contributed by atoms with Gasteiger partial charge in [-0.05, 0) is 48.9 Å². The van der Waals surface area contributed by atoms with E-state index in [0.717, 1.165) is 18.4 Å². The number of Topliss-reactive ketones (excluding diaryl/α,β-unsaturated/α-hetero) is 1. The molecule has 0 aliphatic heterocycles. The van der Waals surface area contributed by atoms with Gasteiger partial charge >= 0.3 is 5.97 Å². The van der Waals surface area contributed by atoms with Crippen molar-refractivity contribution in [2.45, 2.75) is 43.4 Å². The molecule has 124 valence electrons. The highest BCUT2D eigenvalue weighted by atomic mass is 79.9. The van der Waals surface area contributed by atoms with Crippen LogP contribution in [0.3, 0.4) is 0 Å². The van der Waals surface area contributed by atoms with Crippen LogP contribution in [-0.2, 0) is 10.2 Å². The zero-order chi connectivity index (χ0) is 17.0. The maximum absolute atomic E-state index is 12.8. The molecule has 0 amide bonds. The van der Waals surface area contributed by atoms with E-state index in [4.69, 9.17) is 4.74 Å². The van der Waals surface area contributed by atoms with E-state index in [2.05, 4.69) is 22.9 Å². The number of halogens is 1. The van der Waals surface area contributed by atoms with Gasteiger partial charge in [-0.15, -0.1) is 0 Å². The van der Waals surface area contributed by atoms with Gasteiger partial charge in [-0.25, -0.2) is 0 Å². The van der Waals surface area contributed by atoms with Crippen molar-refractivity contribution in [3.8, 4) is 5.75 Å². The van der Waals surface area contributed by atoms with Crippen molar-refractivity contribution in [1.29, 1.82) is 0 Å². The number of carbonyl (C=O) groups is 2. The van der Waals surface area contributed by atoms with Crippen LogP contribution in [0.5, 0.6) is 5.75 Å². The van der Waals surface area contributed by atoms with Crippen LogP contribution in [0, 0.1) is 11.3 Å². The molecule has 4 nitrogen and oxygen atoms in total. The predicted molar refractivity (Wildman–Crippen MR) is 90.5 cm³/mol. The summed E-state index contributed by atoms with van der Waals surface area (Å²) >= 11 is 3.54. The van der Waals surface area contributed by atoms with Crippen molar-refractivity contribution < 1.29 is 19.4 Å². The molecular formula is C18H21BrO4. The molecule has 0 saturated heterocycles. The molecule has 1 aromatic carbocycles. The molecule has 4 atom stereocenters. The van der Waals surface area contributed by atoms with Crippen LogP contribution in [0.1, 0.15) is 49.0 Å². The first-order chi connectivity index (χ1) is 10.8. The van der Waals surface area contributed by atoms with Gasteiger partial charge in [0.05, 0.1) is 17.4 Å². The van der Waals surface area contributed by atoms with Crippen LogP contribution in [0.15, 0.2) is 18.2 Å². The highest BCUT2D eigenvalue weighted by Crippen LogP contribution is 2.59. The minimum absolute atomic E-state index is 0.0282. The average molecular weight is 381 g/mol. The molecule has 0 unspecified atom stereocenters. The topological polar surface area (TPSA) is 63.6 Å². The lowest BCUT2D eigenvalue weighted by atomic mass is 9.49. The van der Waals surface area contributed by atoms with Crippen LogP contribution in [0.25, 0.3) is 0 Å². The number of methoxy groups -OCH3 is 1. The fraction of sp³-hybridized carbons (Fsp3) is 0.556. The molecule has 23 heavy (non-hydrogen) atoms. The van der Waals surface area contributed by atoms with Gasteiger partial charge in [-0.3, -0.25) is 9.59 Å². The smallest absolute Gasteiger partial charge is 0.309 e. The van der Waals surface area contributed by atoms with Crippen molar-refractivity contribution >= 4 is 27.7 Å². The Bertz CT molecular complexity index is 686. The van der Waals surface area contributed by atoms with Gasteiger partial charge < -0.3 is 9.84 Å². The number of ether oxygens (including phenoxy) is 1. The number of fused-ring (bicyclic) bond motifs is 3. The molecule has 5 heteroatoms. The third-order valence-electron chi connectivity index (χ3n) is 5.90. The van der Waals surface area contributed by atoms with E-state index in [1.54, 1.807) is 26.2 Å². The first kappa shape index (κ1) is 16.5. The lowest BCUT2D eigenvalue weighted by molar-refractivity contribution is -0.156. The number of aliphatic carboxylic acids is 1. The molecule has 0 bridgehead atoms. The lowest BCUT2D eigenvalue weighted by Gasteiger charge is -2.54. The number of benzene rings is 1. The minimum atomic E-state index is -0.919. The van der Waals surface area contributed by atoms with Gasteiger partial charge in [0.15, 0.2) is 5.78 Å². The second-order valence-electron chi connectivity index (χ2n) is 7.15. The van der Waals surface area contributed by atoms with Gasteiger partial charge in [-0.2, -0.15) is 0 Å². The summed E-state index contributed by atoms with van der Waals surface area (Å²) in [6.45, 7) is 3.88. The molecule has 0 heterocycles. The first-order valence-corrected chi connectivity index (χ1v) is 8.77. The molecule has 0 spiro atoms. The van der Waals surface area contributed by atoms with Gasteiger partial charge in [0.1, 0.15) is 5.75 Å². The molecule has 3 rings (SSSR count). The number of carboxylic acid groups (broad SMARTS) is 1. The Kier molecular flexibility index (Phi) is 3.82. The normalized spacial score (nSPS) is 36.1. The van der Waals surface area contributed by atoms with Gasteiger partial charge in [0, 0.05) is 11.5 Å². The second-order valence-corrected chi connectivity index (χ2v) is 8.14. The van der Waals surface area contributed by atoms with E-state index >= 15 is 0 Å². The minimum Gasteiger partial charge on any atom is -0.497 e.